The second kappa shape index (κ2) is 4.98. The lowest BCUT2D eigenvalue weighted by Crippen LogP contribution is -2.26. The van der Waals surface area contributed by atoms with Crippen LogP contribution >= 0.6 is 11.3 Å². The van der Waals surface area contributed by atoms with Crippen molar-refractivity contribution in [2.24, 2.45) is 0 Å². The molecule has 0 amide bonds. The van der Waals surface area contributed by atoms with E-state index in [1.165, 1.54) is 25.9 Å². The van der Waals surface area contributed by atoms with E-state index in [1.54, 1.807) is 17.7 Å². The molecule has 1 fully saturated rings. The largest absolute Gasteiger partial charge is 0.368 e. The Morgan fingerprint density at radius 3 is 3.06 bits per heavy atom. The molecule has 0 spiro atoms. The average molecular weight is 248 g/mol. The van der Waals surface area contributed by atoms with Crippen LogP contribution in [0.3, 0.4) is 0 Å². The third-order valence-electron chi connectivity index (χ3n) is 3.18. The Kier molecular flexibility index (Phi) is 3.20. The molecule has 1 N–H and O–H groups in total. The van der Waals surface area contributed by atoms with E-state index in [2.05, 4.69) is 31.6 Å². The first-order valence-corrected chi connectivity index (χ1v) is 6.96. The van der Waals surface area contributed by atoms with Crippen molar-refractivity contribution in [1.82, 2.24) is 14.9 Å². The molecular formula is C12H16N4S. The number of rotatable bonds is 4. The lowest BCUT2D eigenvalue weighted by Gasteiger charge is -2.15. The minimum absolute atomic E-state index is 0.960. The predicted octanol–water partition coefficient (Wildman–Crippen LogP) is 2.20. The number of hydrogen-bond acceptors (Lipinski definition) is 5. The Bertz CT molecular complexity index is 490. The molecule has 2 aromatic rings. The number of thiophene rings is 1. The van der Waals surface area contributed by atoms with Crippen molar-refractivity contribution in [3.05, 3.63) is 17.8 Å². The van der Waals surface area contributed by atoms with E-state index in [9.17, 15) is 0 Å². The van der Waals surface area contributed by atoms with Crippen LogP contribution in [0.25, 0.3) is 10.2 Å². The van der Waals surface area contributed by atoms with Gasteiger partial charge in [0.25, 0.3) is 0 Å². The van der Waals surface area contributed by atoms with Gasteiger partial charge in [0.15, 0.2) is 0 Å². The first kappa shape index (κ1) is 10.9. The number of likely N-dealkylation sites (tertiary alicyclic amines) is 1. The van der Waals surface area contributed by atoms with Crippen LogP contribution in [-0.2, 0) is 0 Å². The summed E-state index contributed by atoms with van der Waals surface area (Å²) in [6, 6.07) is 2.08. The van der Waals surface area contributed by atoms with Crippen LogP contribution in [0.5, 0.6) is 0 Å². The van der Waals surface area contributed by atoms with Crippen molar-refractivity contribution >= 4 is 27.4 Å². The average Bonchev–Trinajstić information content (AvgIpc) is 2.99. The summed E-state index contributed by atoms with van der Waals surface area (Å²) in [4.78, 5) is 12.1. The zero-order chi connectivity index (χ0) is 11.5. The van der Waals surface area contributed by atoms with E-state index in [0.29, 0.717) is 0 Å². The van der Waals surface area contributed by atoms with Gasteiger partial charge in [0.1, 0.15) is 17.0 Å². The molecule has 1 aliphatic rings. The highest BCUT2D eigenvalue weighted by Gasteiger charge is 2.11. The molecule has 3 heterocycles. The van der Waals surface area contributed by atoms with Gasteiger partial charge in [0.2, 0.25) is 0 Å². The van der Waals surface area contributed by atoms with Gasteiger partial charge in [-0.05, 0) is 37.4 Å². The Morgan fingerprint density at radius 2 is 2.18 bits per heavy atom. The fraction of sp³-hybridized carbons (Fsp3) is 0.500. The standard InChI is InChI=1S/C12H16N4S/c1-2-6-16(5-1)7-4-13-11-10-3-8-17-12(10)15-9-14-11/h3,8-9H,1-2,4-7H2,(H,13,14,15). The van der Waals surface area contributed by atoms with Crippen molar-refractivity contribution < 1.29 is 0 Å². The lowest BCUT2D eigenvalue weighted by atomic mass is 10.4. The number of nitrogens with zero attached hydrogens (tertiary/aromatic N) is 3. The molecule has 0 aromatic carbocycles. The highest BCUT2D eigenvalue weighted by atomic mass is 32.1. The van der Waals surface area contributed by atoms with Crippen LogP contribution in [0.15, 0.2) is 17.8 Å². The second-order valence-electron chi connectivity index (χ2n) is 4.34. The zero-order valence-electron chi connectivity index (χ0n) is 9.72. The van der Waals surface area contributed by atoms with E-state index in [1.807, 2.05) is 0 Å². The third-order valence-corrected chi connectivity index (χ3v) is 4.00. The SMILES string of the molecule is c1nc(NCCN2CCCC2)c2ccsc2n1. The summed E-state index contributed by atoms with van der Waals surface area (Å²) in [5.74, 6) is 0.968. The normalized spacial score (nSPS) is 16.7. The van der Waals surface area contributed by atoms with Crippen LogP contribution < -0.4 is 5.32 Å². The zero-order valence-corrected chi connectivity index (χ0v) is 10.5. The molecule has 0 saturated carbocycles. The van der Waals surface area contributed by atoms with Crippen LogP contribution in [0.4, 0.5) is 5.82 Å². The molecule has 0 bridgehead atoms. The van der Waals surface area contributed by atoms with Crippen molar-refractivity contribution in [3.63, 3.8) is 0 Å². The van der Waals surface area contributed by atoms with Gasteiger partial charge >= 0.3 is 0 Å². The number of hydrogen-bond donors (Lipinski definition) is 1. The van der Waals surface area contributed by atoms with Gasteiger partial charge in [0.05, 0.1) is 5.39 Å². The summed E-state index contributed by atoms with van der Waals surface area (Å²) in [5, 5.41) is 6.61. The smallest absolute Gasteiger partial charge is 0.138 e. The highest BCUT2D eigenvalue weighted by Crippen LogP contribution is 2.23. The minimum Gasteiger partial charge on any atom is -0.368 e. The second-order valence-corrected chi connectivity index (χ2v) is 5.23. The fourth-order valence-corrected chi connectivity index (χ4v) is 3.00. The maximum Gasteiger partial charge on any atom is 0.138 e. The Morgan fingerprint density at radius 1 is 1.29 bits per heavy atom. The third kappa shape index (κ3) is 2.40. The highest BCUT2D eigenvalue weighted by molar-refractivity contribution is 7.16. The van der Waals surface area contributed by atoms with Crippen LogP contribution in [0.2, 0.25) is 0 Å². The number of fused-ring (bicyclic) bond motifs is 1. The molecule has 0 radical (unpaired) electrons. The minimum atomic E-state index is 0.960. The molecule has 1 saturated heterocycles. The molecule has 2 aromatic heterocycles. The molecule has 0 aliphatic carbocycles. The molecule has 1 aliphatic heterocycles. The molecular weight excluding hydrogens is 232 g/mol. The number of anilines is 1. The summed E-state index contributed by atoms with van der Waals surface area (Å²) >= 11 is 1.66. The Hall–Kier alpha value is -1.20. The van der Waals surface area contributed by atoms with E-state index >= 15 is 0 Å². The first-order chi connectivity index (χ1) is 8.43. The van der Waals surface area contributed by atoms with Gasteiger partial charge in [-0.25, -0.2) is 9.97 Å². The van der Waals surface area contributed by atoms with E-state index < -0.39 is 0 Å². The summed E-state index contributed by atoms with van der Waals surface area (Å²) < 4.78 is 0. The van der Waals surface area contributed by atoms with Gasteiger partial charge in [-0.3, -0.25) is 0 Å². The van der Waals surface area contributed by atoms with Gasteiger partial charge in [-0.2, -0.15) is 0 Å². The lowest BCUT2D eigenvalue weighted by molar-refractivity contribution is 0.352. The van der Waals surface area contributed by atoms with Crippen LogP contribution in [0.1, 0.15) is 12.8 Å². The van der Waals surface area contributed by atoms with Gasteiger partial charge < -0.3 is 10.2 Å². The van der Waals surface area contributed by atoms with Gasteiger partial charge in [0, 0.05) is 13.1 Å². The topological polar surface area (TPSA) is 41.1 Å². The van der Waals surface area contributed by atoms with E-state index in [4.69, 9.17) is 0 Å². The van der Waals surface area contributed by atoms with Crippen molar-refractivity contribution in [2.75, 3.05) is 31.5 Å². The van der Waals surface area contributed by atoms with Gasteiger partial charge in [-0.15, -0.1) is 11.3 Å². The summed E-state index contributed by atoms with van der Waals surface area (Å²) in [6.07, 6.45) is 4.33. The molecule has 90 valence electrons. The van der Waals surface area contributed by atoms with E-state index in [0.717, 1.165) is 29.1 Å². The van der Waals surface area contributed by atoms with Gasteiger partial charge in [-0.1, -0.05) is 0 Å². The fourth-order valence-electron chi connectivity index (χ4n) is 2.27. The first-order valence-electron chi connectivity index (χ1n) is 6.08. The maximum absolute atomic E-state index is 4.31. The molecule has 0 unspecified atom stereocenters. The quantitative estimate of drug-likeness (QED) is 0.900. The van der Waals surface area contributed by atoms with E-state index in [-0.39, 0.29) is 0 Å². The summed E-state index contributed by atoms with van der Waals surface area (Å²) in [6.45, 7) is 4.57. The Balaban J connectivity index is 1.62. The maximum atomic E-state index is 4.31. The Labute approximate surface area is 105 Å². The monoisotopic (exact) mass is 248 g/mol. The molecule has 17 heavy (non-hydrogen) atoms. The number of aromatic nitrogens is 2. The molecule has 4 nitrogen and oxygen atoms in total. The van der Waals surface area contributed by atoms with Crippen LogP contribution in [0, 0.1) is 0 Å². The molecule has 5 heteroatoms. The van der Waals surface area contributed by atoms with Crippen molar-refractivity contribution in [3.8, 4) is 0 Å². The number of nitrogens with one attached hydrogen (secondary N) is 1. The summed E-state index contributed by atoms with van der Waals surface area (Å²) in [7, 11) is 0. The molecule has 0 atom stereocenters. The summed E-state index contributed by atoms with van der Waals surface area (Å²) in [5.41, 5.74) is 0. The van der Waals surface area contributed by atoms with Crippen molar-refractivity contribution in [1.29, 1.82) is 0 Å². The molecule has 3 rings (SSSR count). The van der Waals surface area contributed by atoms with Crippen molar-refractivity contribution in [2.45, 2.75) is 12.8 Å². The predicted molar refractivity (Wildman–Crippen MR) is 71.6 cm³/mol. The van der Waals surface area contributed by atoms with Crippen LogP contribution in [-0.4, -0.2) is 41.0 Å².